The summed E-state index contributed by atoms with van der Waals surface area (Å²) in [5.41, 5.74) is 0.860. The molecule has 3 fully saturated rings. The highest BCUT2D eigenvalue weighted by Crippen LogP contribution is 2.41. The predicted molar refractivity (Wildman–Crippen MR) is 90.7 cm³/mol. The molecule has 3 amide bonds. The first kappa shape index (κ1) is 16.6. The van der Waals surface area contributed by atoms with Gasteiger partial charge in [0.25, 0.3) is 5.91 Å². The summed E-state index contributed by atoms with van der Waals surface area (Å²) in [6.07, 6.45) is 2.76. The number of hydrogen-bond acceptors (Lipinski definition) is 4. The number of rotatable bonds is 3. The molecule has 3 aliphatic rings. The summed E-state index contributed by atoms with van der Waals surface area (Å²) in [6.45, 7) is 3.17. The highest BCUT2D eigenvalue weighted by atomic mass is 16.2. The van der Waals surface area contributed by atoms with Crippen molar-refractivity contribution in [3.63, 3.8) is 0 Å². The first-order chi connectivity index (χ1) is 12.5. The fourth-order valence-corrected chi connectivity index (χ4v) is 4.37. The number of likely N-dealkylation sites (tertiary alicyclic amines) is 1. The Bertz CT molecular complexity index is 810. The monoisotopic (exact) mass is 355 g/mol. The van der Waals surface area contributed by atoms with Crippen molar-refractivity contribution in [3.8, 4) is 6.07 Å². The summed E-state index contributed by atoms with van der Waals surface area (Å²) < 4.78 is 0. The highest BCUT2D eigenvalue weighted by Gasteiger charge is 2.49. The molecule has 0 spiro atoms. The maximum absolute atomic E-state index is 12.6. The van der Waals surface area contributed by atoms with Gasteiger partial charge in [-0.3, -0.25) is 14.4 Å². The van der Waals surface area contributed by atoms with E-state index < -0.39 is 6.04 Å². The van der Waals surface area contributed by atoms with E-state index in [4.69, 9.17) is 5.26 Å². The Morgan fingerprint density at radius 3 is 2.85 bits per heavy atom. The van der Waals surface area contributed by atoms with E-state index in [-0.39, 0.29) is 35.6 Å². The van der Waals surface area contributed by atoms with Crippen LogP contribution in [0.4, 0.5) is 0 Å². The van der Waals surface area contributed by atoms with Crippen molar-refractivity contribution >= 4 is 17.7 Å². The van der Waals surface area contributed by atoms with Crippen LogP contribution in [0.25, 0.3) is 0 Å². The van der Waals surface area contributed by atoms with Crippen LogP contribution < -0.4 is 10.6 Å². The molecule has 2 saturated heterocycles. The minimum atomic E-state index is -0.455. The van der Waals surface area contributed by atoms with Gasteiger partial charge < -0.3 is 20.5 Å². The second kappa shape index (κ2) is 6.16. The fourth-order valence-electron chi connectivity index (χ4n) is 4.37. The Morgan fingerprint density at radius 1 is 1.38 bits per heavy atom. The summed E-state index contributed by atoms with van der Waals surface area (Å²) in [7, 11) is 0. The number of carbonyl (C=O) groups is 3. The van der Waals surface area contributed by atoms with Gasteiger partial charge in [-0.2, -0.15) is 5.26 Å². The average Bonchev–Trinajstić information content (AvgIpc) is 3.29. The van der Waals surface area contributed by atoms with Gasteiger partial charge in [-0.15, -0.1) is 0 Å². The number of nitrogens with zero attached hydrogens (tertiary/aromatic N) is 2. The molecule has 0 radical (unpaired) electrons. The van der Waals surface area contributed by atoms with E-state index in [0.29, 0.717) is 36.7 Å². The number of hydrogen-bond donors (Lipinski definition) is 3. The predicted octanol–water partition coefficient (Wildman–Crippen LogP) is -0.0123. The first-order valence-corrected chi connectivity index (χ1v) is 8.93. The van der Waals surface area contributed by atoms with Crippen molar-refractivity contribution in [1.82, 2.24) is 20.5 Å². The summed E-state index contributed by atoms with van der Waals surface area (Å²) in [6, 6.07) is 3.16. The smallest absolute Gasteiger partial charge is 0.270 e. The Balaban J connectivity index is 1.34. The molecule has 1 aromatic heterocycles. The maximum atomic E-state index is 12.6. The molecule has 0 aromatic carbocycles. The van der Waals surface area contributed by atoms with Crippen LogP contribution in [0, 0.1) is 29.1 Å². The molecular formula is C18H21N5O3. The Hall–Kier alpha value is -2.82. The zero-order valence-corrected chi connectivity index (χ0v) is 14.5. The van der Waals surface area contributed by atoms with Gasteiger partial charge in [0.2, 0.25) is 11.8 Å². The van der Waals surface area contributed by atoms with Crippen LogP contribution in [-0.4, -0.2) is 52.8 Å². The van der Waals surface area contributed by atoms with Gasteiger partial charge in [0, 0.05) is 37.7 Å². The third kappa shape index (κ3) is 2.73. The Labute approximate surface area is 150 Å². The standard InChI is InChI=1S/C18H21N5O3/c1-9-2-15(24)22-16(9)17(25)21-13-4-11-7-23(8-12(11)13)18(26)14-3-10(5-19)6-20-14/h3,6,9,11-13,16,20H,2,4,7-8H2,1H3,(H,21,25)(H,22,24). The van der Waals surface area contributed by atoms with Crippen LogP contribution in [0.5, 0.6) is 0 Å². The molecule has 5 unspecified atom stereocenters. The van der Waals surface area contributed by atoms with E-state index in [2.05, 4.69) is 15.6 Å². The molecule has 4 rings (SSSR count). The number of nitrogens with one attached hydrogen (secondary N) is 3. The molecule has 1 aliphatic carbocycles. The van der Waals surface area contributed by atoms with E-state index in [1.165, 1.54) is 6.20 Å². The summed E-state index contributed by atoms with van der Waals surface area (Å²) >= 11 is 0. The number of amides is 3. The zero-order valence-electron chi connectivity index (χ0n) is 14.5. The lowest BCUT2D eigenvalue weighted by Crippen LogP contribution is -2.56. The lowest BCUT2D eigenvalue weighted by Gasteiger charge is -2.40. The number of nitriles is 1. The molecule has 136 valence electrons. The molecule has 3 heterocycles. The SMILES string of the molecule is CC1CC(=O)NC1C(=O)NC1CC2CN(C(=O)c3cc(C#N)c[nH]3)CC21. The quantitative estimate of drug-likeness (QED) is 0.706. The number of H-pyrrole nitrogens is 1. The Kier molecular flexibility index (Phi) is 3.94. The normalized spacial score (nSPS) is 32.4. The Morgan fingerprint density at radius 2 is 2.19 bits per heavy atom. The van der Waals surface area contributed by atoms with Gasteiger partial charge in [-0.1, -0.05) is 6.92 Å². The summed E-state index contributed by atoms with van der Waals surface area (Å²) in [5.74, 6) is 0.333. The molecule has 26 heavy (non-hydrogen) atoms. The molecule has 2 aliphatic heterocycles. The van der Waals surface area contributed by atoms with Crippen molar-refractivity contribution < 1.29 is 14.4 Å². The zero-order chi connectivity index (χ0) is 18.4. The van der Waals surface area contributed by atoms with Crippen molar-refractivity contribution in [2.24, 2.45) is 17.8 Å². The van der Waals surface area contributed by atoms with Crippen molar-refractivity contribution in [3.05, 3.63) is 23.5 Å². The number of fused-ring (bicyclic) bond motifs is 1. The van der Waals surface area contributed by atoms with Gasteiger partial charge in [-0.25, -0.2) is 0 Å². The lowest BCUT2D eigenvalue weighted by molar-refractivity contribution is -0.127. The van der Waals surface area contributed by atoms with E-state index in [9.17, 15) is 14.4 Å². The van der Waals surface area contributed by atoms with E-state index in [1.54, 1.807) is 11.0 Å². The van der Waals surface area contributed by atoms with Crippen LogP contribution in [0.2, 0.25) is 0 Å². The van der Waals surface area contributed by atoms with Crippen LogP contribution in [0.3, 0.4) is 0 Å². The van der Waals surface area contributed by atoms with Crippen LogP contribution >= 0.6 is 0 Å². The lowest BCUT2D eigenvalue weighted by atomic mass is 9.71. The second-order valence-corrected chi connectivity index (χ2v) is 7.63. The van der Waals surface area contributed by atoms with Crippen LogP contribution in [-0.2, 0) is 9.59 Å². The molecule has 1 saturated carbocycles. The third-order valence-electron chi connectivity index (χ3n) is 5.90. The average molecular weight is 355 g/mol. The molecule has 3 N–H and O–H groups in total. The van der Waals surface area contributed by atoms with Crippen molar-refractivity contribution in [1.29, 1.82) is 5.26 Å². The molecule has 8 heteroatoms. The molecular weight excluding hydrogens is 334 g/mol. The van der Waals surface area contributed by atoms with Crippen LogP contribution in [0.15, 0.2) is 12.3 Å². The number of aromatic nitrogens is 1. The summed E-state index contributed by atoms with van der Waals surface area (Å²) in [5, 5.41) is 14.7. The van der Waals surface area contributed by atoms with E-state index >= 15 is 0 Å². The number of aromatic amines is 1. The number of carbonyl (C=O) groups excluding carboxylic acids is 3. The van der Waals surface area contributed by atoms with Crippen LogP contribution in [0.1, 0.15) is 35.8 Å². The van der Waals surface area contributed by atoms with Gasteiger partial charge in [0.1, 0.15) is 17.8 Å². The minimum Gasteiger partial charge on any atom is -0.356 e. The third-order valence-corrected chi connectivity index (χ3v) is 5.90. The maximum Gasteiger partial charge on any atom is 0.270 e. The van der Waals surface area contributed by atoms with Gasteiger partial charge in [-0.05, 0) is 24.3 Å². The summed E-state index contributed by atoms with van der Waals surface area (Å²) in [4.78, 5) is 41.1. The second-order valence-electron chi connectivity index (χ2n) is 7.63. The molecule has 5 atom stereocenters. The minimum absolute atomic E-state index is 0.00207. The highest BCUT2D eigenvalue weighted by molar-refractivity contribution is 5.93. The topological polar surface area (TPSA) is 118 Å². The van der Waals surface area contributed by atoms with Gasteiger partial charge >= 0.3 is 0 Å². The van der Waals surface area contributed by atoms with Gasteiger partial charge in [0.05, 0.1) is 5.56 Å². The van der Waals surface area contributed by atoms with Crippen molar-refractivity contribution in [2.75, 3.05) is 13.1 Å². The molecule has 1 aromatic rings. The van der Waals surface area contributed by atoms with Crippen molar-refractivity contribution in [2.45, 2.75) is 31.8 Å². The first-order valence-electron chi connectivity index (χ1n) is 8.93. The molecule has 8 nitrogen and oxygen atoms in total. The van der Waals surface area contributed by atoms with E-state index in [0.717, 1.165) is 6.42 Å². The fraction of sp³-hybridized carbons (Fsp3) is 0.556. The molecule has 0 bridgehead atoms. The van der Waals surface area contributed by atoms with Gasteiger partial charge in [0.15, 0.2) is 0 Å². The largest absolute Gasteiger partial charge is 0.356 e. The van der Waals surface area contributed by atoms with E-state index in [1.807, 2.05) is 13.0 Å².